The maximum atomic E-state index is 13.6. The summed E-state index contributed by atoms with van der Waals surface area (Å²) < 4.78 is 82.9. The van der Waals surface area contributed by atoms with Gasteiger partial charge in [0.2, 0.25) is 11.4 Å². The fourth-order valence-electron chi connectivity index (χ4n) is 10.1. The summed E-state index contributed by atoms with van der Waals surface area (Å²) in [6.45, 7) is 2.52. The van der Waals surface area contributed by atoms with E-state index in [1.54, 1.807) is 0 Å². The van der Waals surface area contributed by atoms with Crippen molar-refractivity contribution in [3.8, 4) is 0 Å². The summed E-state index contributed by atoms with van der Waals surface area (Å²) in [7, 11) is -17.6. The Morgan fingerprint density at radius 3 is 1.53 bits per heavy atom. The minimum atomic E-state index is -5.58. The van der Waals surface area contributed by atoms with Gasteiger partial charge in [0.05, 0.1) is 23.8 Å². The molecule has 1 aliphatic carbocycles. The fourth-order valence-corrected chi connectivity index (χ4v) is 12.5. The Kier molecular flexibility index (Phi) is 42.2. The van der Waals surface area contributed by atoms with Crippen molar-refractivity contribution in [2.24, 2.45) is 0 Å². The molecule has 0 saturated heterocycles. The highest BCUT2D eigenvalue weighted by Gasteiger charge is 2.55. The first-order valence-electron chi connectivity index (χ1n) is 32.1. The van der Waals surface area contributed by atoms with Crippen LogP contribution in [0, 0.1) is 10.1 Å². The van der Waals surface area contributed by atoms with E-state index in [9.17, 15) is 78.0 Å². The molecule has 0 aliphatic heterocycles. The van der Waals surface area contributed by atoms with Crippen molar-refractivity contribution in [1.29, 1.82) is 0 Å². The van der Waals surface area contributed by atoms with E-state index in [-0.39, 0.29) is 48.4 Å². The van der Waals surface area contributed by atoms with Gasteiger partial charge in [-0.1, -0.05) is 174 Å². The van der Waals surface area contributed by atoms with Crippen LogP contribution in [0.3, 0.4) is 0 Å². The van der Waals surface area contributed by atoms with Crippen LogP contribution in [0.15, 0.2) is 16.8 Å². The van der Waals surface area contributed by atoms with E-state index in [0.717, 1.165) is 64.2 Å². The van der Waals surface area contributed by atoms with Crippen LogP contribution in [0.2, 0.25) is 0 Å². The number of anilines is 1. The van der Waals surface area contributed by atoms with Crippen LogP contribution >= 0.6 is 32.5 Å². The average molecular weight is 1380 g/mol. The third-order valence-electron chi connectivity index (χ3n) is 15.0. The first-order chi connectivity index (χ1) is 43.5. The van der Waals surface area contributed by atoms with E-state index in [2.05, 4.69) is 53.1 Å². The number of aliphatic hydroxyl groups excluding tert-OH is 3. The second-order valence-corrected chi connectivity index (χ2v) is 27.1. The number of aliphatic hydroxyl groups is 3. The Balaban J connectivity index is 1.65. The molecule has 526 valence electrons. The second-order valence-electron chi connectivity index (χ2n) is 22.7. The highest BCUT2D eigenvalue weighted by molar-refractivity contribution is 7.47. The molecule has 2 aromatic rings. The highest BCUT2D eigenvalue weighted by Crippen LogP contribution is 2.48. The summed E-state index contributed by atoms with van der Waals surface area (Å²) in [5, 5.41) is 57.0. The number of hydrogen-bond acceptors (Lipinski definition) is 24. The topological polar surface area (TPSA) is 453 Å². The lowest BCUT2D eigenvalue weighted by Crippen LogP contribution is -2.64. The standard InChI is InChI=1S/C56H101N5O26P4/c1-3-5-7-9-11-13-15-17-19-21-23-25-29-33-47(63)81-44(40-79-88-83-54-51(65)52(66)55(84-89(70,71)72)56(53(54)67)85-90(73,74)75)45(82-48(64)34-30-26-24-22-20-18-16-14-12-10-8-6-4-2)41-80-91(76,77)87-78-39-38-58-46(62)32-28-27-31-37-57-42-35-36-43(61(68)69)50-49(42)59-86-60-50/h35-36,44-45,51-57,65-67,88H,3-34,37-41H2,1-2H3,(H,58,62)(H,76,77)(H2,70,71,72)(H2,73,74,75)/t44-,45-,51-,52+,53+,54-,55-,56-/m1/s1. The van der Waals surface area contributed by atoms with E-state index in [1.165, 1.54) is 89.2 Å². The minimum absolute atomic E-state index is 0.00897. The number of amides is 1. The Morgan fingerprint density at radius 1 is 0.593 bits per heavy atom. The zero-order valence-electron chi connectivity index (χ0n) is 52.5. The summed E-state index contributed by atoms with van der Waals surface area (Å²) in [4.78, 5) is 104. The Hall–Kier alpha value is -3.25. The van der Waals surface area contributed by atoms with Crippen LogP contribution in [0.1, 0.15) is 219 Å². The number of aromatic nitrogens is 2. The predicted molar refractivity (Wildman–Crippen MR) is 333 cm³/mol. The molecule has 1 aliphatic rings. The van der Waals surface area contributed by atoms with Gasteiger partial charge in [-0.05, 0) is 42.1 Å². The van der Waals surface area contributed by atoms with Gasteiger partial charge in [0.15, 0.2) is 26.8 Å². The number of phosphoric ester groups is 3. The molecule has 0 bridgehead atoms. The highest BCUT2D eigenvalue weighted by atomic mass is 31.2. The van der Waals surface area contributed by atoms with E-state index in [4.69, 9.17) is 27.9 Å². The zero-order valence-corrected chi connectivity index (χ0v) is 56.2. The maximum Gasteiger partial charge on any atom is 0.499 e. The number of rotatable bonds is 56. The van der Waals surface area contributed by atoms with E-state index < -0.39 is 118 Å². The lowest BCUT2D eigenvalue weighted by Gasteiger charge is -2.44. The van der Waals surface area contributed by atoms with Crippen molar-refractivity contribution < 1.29 is 119 Å². The fraction of sp³-hybridized carbons (Fsp3) is 0.839. The Bertz CT molecular complexity index is 2500. The Labute approximate surface area is 534 Å². The van der Waals surface area contributed by atoms with Crippen LogP contribution in [-0.2, 0) is 69.7 Å². The molecule has 1 amide bonds. The lowest BCUT2D eigenvalue weighted by atomic mass is 9.85. The molecule has 3 rings (SSSR count). The lowest BCUT2D eigenvalue weighted by molar-refractivity contribution is -0.383. The van der Waals surface area contributed by atoms with Gasteiger partial charge >= 0.3 is 41.1 Å². The first-order valence-corrected chi connectivity index (χ1v) is 37.5. The quantitative estimate of drug-likeness (QED) is 0.00735. The number of fused-ring (bicyclic) bond motifs is 1. The van der Waals surface area contributed by atoms with Gasteiger partial charge in [0.1, 0.15) is 43.2 Å². The monoisotopic (exact) mass is 1380 g/mol. The van der Waals surface area contributed by atoms with E-state index >= 15 is 0 Å². The number of benzene rings is 1. The molecular weight excluding hydrogens is 1280 g/mol. The maximum absolute atomic E-state index is 13.6. The zero-order chi connectivity index (χ0) is 66.9. The smallest absolute Gasteiger partial charge is 0.456 e. The molecule has 1 heterocycles. The normalized spacial score (nSPS) is 19.4. The molecule has 0 radical (unpaired) electrons. The molecule has 31 nitrogen and oxygen atoms in total. The number of nitro benzene ring substituents is 1. The second kappa shape index (κ2) is 46.8. The molecular formula is C56H101N5O26P4. The van der Waals surface area contributed by atoms with Crippen LogP contribution < -0.4 is 10.6 Å². The van der Waals surface area contributed by atoms with Crippen LogP contribution in [-0.4, -0.2) is 155 Å². The van der Waals surface area contributed by atoms with Gasteiger partial charge in [0.25, 0.3) is 0 Å². The number of phosphoric acid groups is 3. The van der Waals surface area contributed by atoms with Crippen LogP contribution in [0.5, 0.6) is 0 Å². The molecule has 1 aromatic heterocycles. The van der Waals surface area contributed by atoms with Crippen molar-refractivity contribution >= 4 is 72.8 Å². The van der Waals surface area contributed by atoms with Gasteiger partial charge in [0, 0.05) is 38.4 Å². The molecule has 1 aromatic carbocycles. The number of nitro groups is 1. The predicted octanol–water partition coefficient (Wildman–Crippen LogP) is 10.0. The van der Waals surface area contributed by atoms with E-state index in [1.807, 2.05) is 0 Å². The molecule has 35 heteroatoms. The number of esters is 2. The number of hydrogen-bond donors (Lipinski definition) is 10. The van der Waals surface area contributed by atoms with Gasteiger partial charge in [-0.2, -0.15) is 0 Å². The molecule has 91 heavy (non-hydrogen) atoms. The van der Waals surface area contributed by atoms with Crippen molar-refractivity contribution in [3.05, 3.63) is 22.2 Å². The van der Waals surface area contributed by atoms with Gasteiger partial charge in [-0.25, -0.2) is 23.2 Å². The molecule has 2 unspecified atom stereocenters. The Morgan fingerprint density at radius 2 is 1.03 bits per heavy atom. The summed E-state index contributed by atoms with van der Waals surface area (Å²) >= 11 is 0. The number of carbonyl (C=O) groups is 3. The number of unbranched alkanes of at least 4 members (excludes halogenated alkanes) is 26. The van der Waals surface area contributed by atoms with Crippen LogP contribution in [0.4, 0.5) is 11.4 Å². The summed E-state index contributed by atoms with van der Waals surface area (Å²) in [5.41, 5.74) is 0.466. The van der Waals surface area contributed by atoms with Gasteiger partial charge < -0.3 is 68.9 Å². The van der Waals surface area contributed by atoms with Crippen molar-refractivity contribution in [2.75, 3.05) is 38.2 Å². The summed E-state index contributed by atoms with van der Waals surface area (Å²) in [6, 6.07) is 2.79. The third-order valence-corrected chi connectivity index (χ3v) is 17.5. The van der Waals surface area contributed by atoms with Gasteiger partial charge in [-0.3, -0.25) is 38.1 Å². The molecule has 10 atom stereocenters. The van der Waals surface area contributed by atoms with Crippen molar-refractivity contribution in [3.63, 3.8) is 0 Å². The van der Waals surface area contributed by atoms with Crippen molar-refractivity contribution in [1.82, 2.24) is 15.6 Å². The number of non-ortho nitro benzene ring substituents is 1. The average Bonchev–Trinajstić information content (AvgIpc) is 1.31. The largest absolute Gasteiger partial charge is 0.499 e. The molecule has 1 saturated carbocycles. The molecule has 1 fully saturated rings. The van der Waals surface area contributed by atoms with Crippen molar-refractivity contribution in [2.45, 2.75) is 268 Å². The van der Waals surface area contributed by atoms with Crippen LogP contribution in [0.25, 0.3) is 11.0 Å². The first kappa shape index (κ1) is 82.0. The summed E-state index contributed by atoms with van der Waals surface area (Å²) in [6.07, 6.45) is 11.7. The van der Waals surface area contributed by atoms with E-state index in [0.29, 0.717) is 57.2 Å². The summed E-state index contributed by atoms with van der Waals surface area (Å²) in [5.74, 6) is -1.95. The molecule has 10 N–H and O–H groups in total. The minimum Gasteiger partial charge on any atom is -0.456 e. The van der Waals surface area contributed by atoms with Gasteiger partial charge in [-0.15, -0.1) is 4.67 Å². The number of carbonyl (C=O) groups excluding carboxylic acids is 3. The SMILES string of the molecule is CCCCCCCCCCCCCCCC(=O)O[C@H](COPO[C@@H]1[C@H](O)[C@H](O)[C@@H](OP(=O)(O)O)[C@H](OP(=O)(O)O)[C@H]1O)[C@@H](COP(=O)(O)OOCCNC(=O)CCCCCNc1ccc([N+](=O)[O-])c2nonc12)OC(=O)CCCCCCCCCCCCCCC. The third kappa shape index (κ3) is 36.4. The molecule has 0 spiro atoms. The number of nitrogens with zero attached hydrogens (tertiary/aromatic N) is 3. The number of nitrogens with one attached hydrogen (secondary N) is 2. The number of ether oxygens (including phenoxy) is 2.